The topological polar surface area (TPSA) is 119 Å². The van der Waals surface area contributed by atoms with E-state index in [1.807, 2.05) is 47.5 Å². The van der Waals surface area contributed by atoms with Crippen LogP contribution in [0.2, 0.25) is 0 Å². The number of rotatable bonds is 16. The molecule has 0 N–H and O–H groups in total. The maximum absolute atomic E-state index is 13.1. The molecular formula is C38H45N3O9. The highest BCUT2D eigenvalue weighted by Crippen LogP contribution is 2.43. The third-order valence-electron chi connectivity index (χ3n) is 9.24. The van der Waals surface area contributed by atoms with E-state index >= 15 is 0 Å². The Bertz CT molecular complexity index is 1720. The number of carbonyl (C=O) groups is 1. The van der Waals surface area contributed by atoms with Crippen LogP contribution in [0.15, 0.2) is 52.6 Å². The fraction of sp³-hybridized carbons (Fsp3) is 0.447. The van der Waals surface area contributed by atoms with E-state index in [4.69, 9.17) is 38.0 Å². The van der Waals surface area contributed by atoms with Crippen molar-refractivity contribution in [2.24, 2.45) is 10.1 Å². The van der Waals surface area contributed by atoms with Gasteiger partial charge in [-0.15, -0.1) is 0 Å². The lowest BCUT2D eigenvalue weighted by Crippen LogP contribution is -2.35. The first-order valence-corrected chi connectivity index (χ1v) is 17.0. The van der Waals surface area contributed by atoms with Crippen LogP contribution in [0.4, 0.5) is 5.69 Å². The molecule has 12 nitrogen and oxygen atoms in total. The molecule has 3 aromatic carbocycles. The standard InChI is InChI=1S/C38H45N3O9/c1-43-30-13-12-24(28-21-31(50-40-28)25-18-35(45-3)37(47-5)36(19-25)46-4)17-33(30)48-15-8-6-7-9-16-49-34-22-29-27(20-32(34)44-2)38(42)41-14-10-11-26(41)23-39-29/h12-13,17-20,22-23,26,31H,6-11,14-16,21H2,1-5H3/t26-,31?/m0/s1. The summed E-state index contributed by atoms with van der Waals surface area (Å²) in [7, 11) is 7.97. The molecule has 0 saturated carbocycles. The normalized spacial score (nSPS) is 17.7. The molecule has 2 atom stereocenters. The van der Waals surface area contributed by atoms with Gasteiger partial charge in [0.25, 0.3) is 5.91 Å². The number of hydrogen-bond donors (Lipinski definition) is 0. The predicted octanol–water partition coefficient (Wildman–Crippen LogP) is 6.93. The lowest BCUT2D eigenvalue weighted by atomic mass is 9.99. The van der Waals surface area contributed by atoms with Crippen molar-refractivity contribution in [1.29, 1.82) is 0 Å². The van der Waals surface area contributed by atoms with Crippen molar-refractivity contribution in [2.45, 2.75) is 57.1 Å². The van der Waals surface area contributed by atoms with Crippen LogP contribution in [0.5, 0.6) is 40.2 Å². The molecule has 1 saturated heterocycles. The summed E-state index contributed by atoms with van der Waals surface area (Å²) in [5, 5.41) is 4.39. The number of oxime groups is 1. The number of benzene rings is 3. The van der Waals surface area contributed by atoms with Crippen molar-refractivity contribution >= 4 is 23.5 Å². The fourth-order valence-corrected chi connectivity index (χ4v) is 6.53. The first-order valence-electron chi connectivity index (χ1n) is 17.0. The number of methoxy groups -OCH3 is 5. The van der Waals surface area contributed by atoms with E-state index in [0.717, 1.165) is 61.9 Å². The zero-order valence-electron chi connectivity index (χ0n) is 29.4. The van der Waals surface area contributed by atoms with Gasteiger partial charge in [-0.1, -0.05) is 5.16 Å². The average Bonchev–Trinajstić information content (AvgIpc) is 3.82. The summed E-state index contributed by atoms with van der Waals surface area (Å²) >= 11 is 0. The molecule has 1 unspecified atom stereocenters. The van der Waals surface area contributed by atoms with E-state index in [1.165, 1.54) is 0 Å². The highest BCUT2D eigenvalue weighted by molar-refractivity contribution is 6.03. The van der Waals surface area contributed by atoms with Crippen LogP contribution in [0, 0.1) is 0 Å². The minimum absolute atomic E-state index is 0.00107. The molecule has 1 fully saturated rings. The summed E-state index contributed by atoms with van der Waals surface area (Å²) in [6.45, 7) is 1.82. The largest absolute Gasteiger partial charge is 0.493 e. The van der Waals surface area contributed by atoms with Gasteiger partial charge in [-0.3, -0.25) is 9.79 Å². The molecule has 0 spiro atoms. The Morgan fingerprint density at radius 3 is 2.10 bits per heavy atom. The third-order valence-corrected chi connectivity index (χ3v) is 9.24. The van der Waals surface area contributed by atoms with Gasteiger partial charge in [-0.2, -0.15) is 0 Å². The smallest absolute Gasteiger partial charge is 0.256 e. The van der Waals surface area contributed by atoms with E-state index in [1.54, 1.807) is 41.6 Å². The number of carbonyl (C=O) groups excluding carboxylic acids is 1. The molecule has 3 heterocycles. The molecule has 12 heteroatoms. The van der Waals surface area contributed by atoms with Crippen molar-refractivity contribution < 1.29 is 42.8 Å². The van der Waals surface area contributed by atoms with Crippen LogP contribution in [0.1, 0.15) is 72.5 Å². The van der Waals surface area contributed by atoms with Gasteiger partial charge < -0.3 is 42.9 Å². The van der Waals surface area contributed by atoms with Crippen molar-refractivity contribution in [3.8, 4) is 40.2 Å². The summed E-state index contributed by atoms with van der Waals surface area (Å²) in [4.78, 5) is 25.5. The molecule has 6 rings (SSSR count). The molecule has 1 amide bonds. The van der Waals surface area contributed by atoms with E-state index in [9.17, 15) is 4.79 Å². The number of hydrogen-bond acceptors (Lipinski definition) is 11. The Balaban J connectivity index is 0.974. The van der Waals surface area contributed by atoms with Crippen LogP contribution >= 0.6 is 0 Å². The second-order valence-corrected chi connectivity index (χ2v) is 12.3. The number of fused-ring (bicyclic) bond motifs is 2. The van der Waals surface area contributed by atoms with E-state index in [0.29, 0.717) is 71.1 Å². The summed E-state index contributed by atoms with van der Waals surface area (Å²) in [6.07, 6.45) is 7.76. The lowest BCUT2D eigenvalue weighted by molar-refractivity contribution is 0.0774. The Morgan fingerprint density at radius 2 is 1.44 bits per heavy atom. The Morgan fingerprint density at radius 1 is 0.760 bits per heavy atom. The minimum Gasteiger partial charge on any atom is -0.493 e. The third kappa shape index (κ3) is 7.39. The van der Waals surface area contributed by atoms with Crippen molar-refractivity contribution in [2.75, 3.05) is 55.3 Å². The fourth-order valence-electron chi connectivity index (χ4n) is 6.53. The summed E-state index contributed by atoms with van der Waals surface area (Å²) < 4.78 is 39.9. The first kappa shape index (κ1) is 34.7. The molecular weight excluding hydrogens is 642 g/mol. The van der Waals surface area contributed by atoms with Gasteiger partial charge in [-0.25, -0.2) is 0 Å². The Hall–Kier alpha value is -5.13. The quantitative estimate of drug-likeness (QED) is 0.148. The van der Waals surface area contributed by atoms with Gasteiger partial charge in [0.1, 0.15) is 0 Å². The van der Waals surface area contributed by atoms with Crippen LogP contribution in [0.3, 0.4) is 0 Å². The molecule has 3 aromatic rings. The second-order valence-electron chi connectivity index (χ2n) is 12.3. The lowest BCUT2D eigenvalue weighted by Gasteiger charge is -2.20. The predicted molar refractivity (Wildman–Crippen MR) is 189 cm³/mol. The molecule has 50 heavy (non-hydrogen) atoms. The van der Waals surface area contributed by atoms with Crippen LogP contribution in [-0.4, -0.2) is 84.1 Å². The van der Waals surface area contributed by atoms with Crippen LogP contribution in [0.25, 0.3) is 0 Å². The molecule has 3 aliphatic rings. The van der Waals surface area contributed by atoms with Crippen molar-refractivity contribution in [1.82, 2.24) is 4.90 Å². The van der Waals surface area contributed by atoms with Gasteiger partial charge >= 0.3 is 0 Å². The maximum Gasteiger partial charge on any atom is 0.256 e. The summed E-state index contributed by atoms with van der Waals surface area (Å²) in [6, 6.07) is 13.2. The molecule has 0 bridgehead atoms. The monoisotopic (exact) mass is 687 g/mol. The van der Waals surface area contributed by atoms with Crippen molar-refractivity contribution in [3.05, 3.63) is 59.2 Å². The molecule has 0 aromatic heterocycles. The molecule has 266 valence electrons. The number of amides is 1. The summed E-state index contributed by atoms with van der Waals surface area (Å²) in [5.74, 6) is 4.10. The SMILES string of the molecule is COc1ccc(C2=NOC(c3cc(OC)c(OC)c(OC)c3)C2)cc1OCCCCCCOc1cc2c(cc1OC)C(=O)N1CCC[C@H]1C=N2. The highest BCUT2D eigenvalue weighted by atomic mass is 16.6. The maximum atomic E-state index is 13.1. The zero-order chi connectivity index (χ0) is 35.0. The van der Waals surface area contributed by atoms with Crippen LogP contribution < -0.4 is 33.2 Å². The minimum atomic E-state index is -0.303. The Labute approximate surface area is 292 Å². The van der Waals surface area contributed by atoms with Gasteiger partial charge in [0.15, 0.2) is 40.6 Å². The summed E-state index contributed by atoms with van der Waals surface area (Å²) in [5.41, 5.74) is 3.76. The van der Waals surface area contributed by atoms with E-state index in [2.05, 4.69) is 10.1 Å². The van der Waals surface area contributed by atoms with E-state index in [-0.39, 0.29) is 18.1 Å². The molecule has 3 aliphatic heterocycles. The Kier molecular flexibility index (Phi) is 11.1. The number of unbranched alkanes of at least 4 members (excludes halogenated alkanes) is 3. The second kappa shape index (κ2) is 16.1. The number of nitrogens with zero attached hydrogens (tertiary/aromatic N) is 3. The average molecular weight is 688 g/mol. The molecule has 0 radical (unpaired) electrons. The van der Waals surface area contributed by atoms with Gasteiger partial charge in [-0.05, 0) is 74.9 Å². The van der Waals surface area contributed by atoms with Crippen molar-refractivity contribution in [3.63, 3.8) is 0 Å². The number of ether oxygens (including phenoxy) is 7. The molecule has 0 aliphatic carbocycles. The van der Waals surface area contributed by atoms with Gasteiger partial charge in [0, 0.05) is 36.4 Å². The van der Waals surface area contributed by atoms with Crippen LogP contribution in [-0.2, 0) is 4.84 Å². The van der Waals surface area contributed by atoms with E-state index < -0.39 is 0 Å². The number of aliphatic imine (C=N–C) groups is 1. The highest BCUT2D eigenvalue weighted by Gasteiger charge is 2.33. The zero-order valence-corrected chi connectivity index (χ0v) is 29.4. The van der Waals surface area contributed by atoms with Gasteiger partial charge in [0.05, 0.1) is 71.8 Å². The first-order chi connectivity index (χ1) is 24.5. The van der Waals surface area contributed by atoms with Gasteiger partial charge in [0.2, 0.25) is 5.75 Å².